The van der Waals surface area contributed by atoms with Crippen LogP contribution >= 0.6 is 0 Å². The summed E-state index contributed by atoms with van der Waals surface area (Å²) >= 11 is 0. The van der Waals surface area contributed by atoms with Crippen molar-refractivity contribution < 1.29 is 24.6 Å². The molecule has 0 bridgehead atoms. The first-order valence-electron chi connectivity index (χ1n) is 5.43. The normalized spacial score (nSPS) is 17.4. The number of amides is 3. The second-order valence-corrected chi connectivity index (χ2v) is 3.83. The van der Waals surface area contributed by atoms with Gasteiger partial charge in [-0.15, -0.1) is 0 Å². The average molecular weight is 244 g/mol. The fraction of sp³-hybridized carbons (Fsp3) is 0.700. The SMILES string of the molecule is O=C(CCN1C(=O)CCC1=O)NCC(O)CO. The molecule has 0 aromatic rings. The van der Waals surface area contributed by atoms with Crippen LogP contribution in [-0.4, -0.2) is 58.6 Å². The standard InChI is InChI=1S/C10H16N2O5/c13-6-7(14)5-11-8(15)3-4-12-9(16)1-2-10(12)17/h7,13-14H,1-6H2,(H,11,15). The van der Waals surface area contributed by atoms with Crippen LogP contribution in [0.2, 0.25) is 0 Å². The minimum atomic E-state index is -0.992. The summed E-state index contributed by atoms with van der Waals surface area (Å²) in [7, 11) is 0. The number of imide groups is 1. The van der Waals surface area contributed by atoms with Crippen molar-refractivity contribution in [3.05, 3.63) is 0 Å². The third-order valence-electron chi connectivity index (χ3n) is 2.46. The van der Waals surface area contributed by atoms with Crippen molar-refractivity contribution in [2.45, 2.75) is 25.4 Å². The largest absolute Gasteiger partial charge is 0.394 e. The zero-order chi connectivity index (χ0) is 12.8. The summed E-state index contributed by atoms with van der Waals surface area (Å²) in [6.07, 6.45) is -0.558. The van der Waals surface area contributed by atoms with E-state index >= 15 is 0 Å². The van der Waals surface area contributed by atoms with E-state index in [1.165, 1.54) is 0 Å². The van der Waals surface area contributed by atoms with Crippen LogP contribution in [0.15, 0.2) is 0 Å². The molecule has 1 rings (SSSR count). The van der Waals surface area contributed by atoms with Crippen LogP contribution < -0.4 is 5.32 Å². The lowest BCUT2D eigenvalue weighted by Gasteiger charge is -2.14. The first-order chi connectivity index (χ1) is 8.04. The maximum atomic E-state index is 11.3. The highest BCUT2D eigenvalue weighted by molar-refractivity contribution is 6.02. The number of carbonyl (C=O) groups is 3. The van der Waals surface area contributed by atoms with Crippen LogP contribution in [0, 0.1) is 0 Å². The van der Waals surface area contributed by atoms with Gasteiger partial charge in [0.25, 0.3) is 0 Å². The average Bonchev–Trinajstić information content (AvgIpc) is 2.63. The molecule has 0 saturated carbocycles. The van der Waals surface area contributed by atoms with Crippen molar-refractivity contribution in [2.75, 3.05) is 19.7 Å². The van der Waals surface area contributed by atoms with E-state index < -0.39 is 12.7 Å². The van der Waals surface area contributed by atoms with Gasteiger partial charge in [0.2, 0.25) is 17.7 Å². The van der Waals surface area contributed by atoms with Gasteiger partial charge in [-0.05, 0) is 0 Å². The zero-order valence-electron chi connectivity index (χ0n) is 9.39. The van der Waals surface area contributed by atoms with E-state index in [2.05, 4.69) is 5.32 Å². The lowest BCUT2D eigenvalue weighted by atomic mass is 10.3. The molecule has 96 valence electrons. The van der Waals surface area contributed by atoms with Crippen molar-refractivity contribution in [1.29, 1.82) is 0 Å². The van der Waals surface area contributed by atoms with Gasteiger partial charge in [-0.1, -0.05) is 0 Å². The van der Waals surface area contributed by atoms with Gasteiger partial charge in [0, 0.05) is 32.4 Å². The number of aliphatic hydroxyl groups is 2. The zero-order valence-corrected chi connectivity index (χ0v) is 9.39. The number of nitrogens with one attached hydrogen (secondary N) is 1. The van der Waals surface area contributed by atoms with Crippen LogP contribution in [0.3, 0.4) is 0 Å². The van der Waals surface area contributed by atoms with Gasteiger partial charge in [-0.2, -0.15) is 0 Å². The fourth-order valence-electron chi connectivity index (χ4n) is 1.47. The molecule has 0 spiro atoms. The lowest BCUT2D eigenvalue weighted by Crippen LogP contribution is -2.37. The quantitative estimate of drug-likeness (QED) is 0.468. The minimum Gasteiger partial charge on any atom is -0.394 e. The molecule has 17 heavy (non-hydrogen) atoms. The van der Waals surface area contributed by atoms with Crippen LogP contribution in [0.5, 0.6) is 0 Å². The van der Waals surface area contributed by atoms with Gasteiger partial charge in [-0.25, -0.2) is 0 Å². The Kier molecular flexibility index (Phi) is 5.05. The van der Waals surface area contributed by atoms with Gasteiger partial charge < -0.3 is 15.5 Å². The summed E-state index contributed by atoms with van der Waals surface area (Å²) in [5.41, 5.74) is 0. The molecule has 3 amide bonds. The third kappa shape index (κ3) is 4.12. The van der Waals surface area contributed by atoms with E-state index in [-0.39, 0.29) is 50.1 Å². The summed E-state index contributed by atoms with van der Waals surface area (Å²) < 4.78 is 0. The van der Waals surface area contributed by atoms with Crippen molar-refractivity contribution in [1.82, 2.24) is 10.2 Å². The molecular weight excluding hydrogens is 228 g/mol. The van der Waals surface area contributed by atoms with Crippen molar-refractivity contribution in [2.24, 2.45) is 0 Å². The Bertz CT molecular complexity index is 302. The number of rotatable bonds is 6. The topological polar surface area (TPSA) is 107 Å². The van der Waals surface area contributed by atoms with E-state index in [1.54, 1.807) is 0 Å². The highest BCUT2D eigenvalue weighted by Crippen LogP contribution is 2.11. The van der Waals surface area contributed by atoms with Gasteiger partial charge >= 0.3 is 0 Å². The Hall–Kier alpha value is -1.47. The summed E-state index contributed by atoms with van der Waals surface area (Å²) in [6, 6.07) is 0. The summed E-state index contributed by atoms with van der Waals surface area (Å²) in [5.74, 6) is -0.874. The smallest absolute Gasteiger partial charge is 0.229 e. The Morgan fingerprint density at radius 2 is 1.94 bits per heavy atom. The fourth-order valence-corrected chi connectivity index (χ4v) is 1.47. The molecule has 3 N–H and O–H groups in total. The molecule has 1 aliphatic heterocycles. The summed E-state index contributed by atoms with van der Waals surface area (Å²) in [6.45, 7) is -0.403. The summed E-state index contributed by atoms with van der Waals surface area (Å²) in [4.78, 5) is 34.8. The molecule has 1 heterocycles. The number of nitrogens with zero attached hydrogens (tertiary/aromatic N) is 1. The molecule has 0 radical (unpaired) electrons. The lowest BCUT2D eigenvalue weighted by molar-refractivity contribution is -0.138. The van der Waals surface area contributed by atoms with Crippen molar-refractivity contribution in [3.63, 3.8) is 0 Å². The second-order valence-electron chi connectivity index (χ2n) is 3.83. The molecule has 0 aromatic carbocycles. The molecular formula is C10H16N2O5. The maximum Gasteiger partial charge on any atom is 0.229 e. The number of likely N-dealkylation sites (tertiary alicyclic amines) is 1. The minimum absolute atomic E-state index is 0.00955. The number of aliphatic hydroxyl groups excluding tert-OH is 2. The molecule has 1 atom stereocenters. The Balaban J connectivity index is 2.24. The molecule has 0 aliphatic carbocycles. The monoisotopic (exact) mass is 244 g/mol. The first kappa shape index (κ1) is 13.6. The Labute approximate surface area is 98.4 Å². The van der Waals surface area contributed by atoms with Gasteiger partial charge in [0.15, 0.2) is 0 Å². The Morgan fingerprint density at radius 3 is 2.47 bits per heavy atom. The van der Waals surface area contributed by atoms with Crippen LogP contribution in [0.25, 0.3) is 0 Å². The van der Waals surface area contributed by atoms with E-state index in [0.717, 1.165) is 4.90 Å². The highest BCUT2D eigenvalue weighted by atomic mass is 16.3. The van der Waals surface area contributed by atoms with Gasteiger partial charge in [-0.3, -0.25) is 19.3 Å². The third-order valence-corrected chi connectivity index (χ3v) is 2.46. The first-order valence-corrected chi connectivity index (χ1v) is 5.43. The number of hydrogen-bond acceptors (Lipinski definition) is 5. The van der Waals surface area contributed by atoms with Crippen LogP contribution in [0.4, 0.5) is 0 Å². The molecule has 1 saturated heterocycles. The number of hydrogen-bond donors (Lipinski definition) is 3. The molecule has 7 nitrogen and oxygen atoms in total. The molecule has 1 aliphatic rings. The summed E-state index contributed by atoms with van der Waals surface area (Å²) in [5, 5.41) is 19.9. The van der Waals surface area contributed by atoms with Crippen LogP contribution in [0.1, 0.15) is 19.3 Å². The van der Waals surface area contributed by atoms with E-state index in [1.807, 2.05) is 0 Å². The van der Waals surface area contributed by atoms with Crippen molar-refractivity contribution in [3.8, 4) is 0 Å². The van der Waals surface area contributed by atoms with E-state index in [4.69, 9.17) is 10.2 Å². The van der Waals surface area contributed by atoms with Gasteiger partial charge in [0.1, 0.15) is 0 Å². The number of carbonyl (C=O) groups excluding carboxylic acids is 3. The Morgan fingerprint density at radius 1 is 1.35 bits per heavy atom. The van der Waals surface area contributed by atoms with Crippen LogP contribution in [-0.2, 0) is 14.4 Å². The molecule has 7 heteroatoms. The molecule has 0 aromatic heterocycles. The maximum absolute atomic E-state index is 11.3. The highest BCUT2D eigenvalue weighted by Gasteiger charge is 2.28. The molecule has 1 unspecified atom stereocenters. The van der Waals surface area contributed by atoms with Gasteiger partial charge in [0.05, 0.1) is 12.7 Å². The molecule has 1 fully saturated rings. The van der Waals surface area contributed by atoms with E-state index in [0.29, 0.717) is 0 Å². The predicted octanol–water partition coefficient (Wildman–Crippen LogP) is -2.01. The predicted molar refractivity (Wildman–Crippen MR) is 56.7 cm³/mol. The van der Waals surface area contributed by atoms with Crippen molar-refractivity contribution >= 4 is 17.7 Å². The second kappa shape index (κ2) is 6.31. The van der Waals surface area contributed by atoms with E-state index in [9.17, 15) is 14.4 Å².